The molecule has 0 aromatic carbocycles. The van der Waals surface area contributed by atoms with Crippen LogP contribution in [-0.2, 0) is 14.8 Å². The SMILES string of the molecule is CCN(C1CCCCC1)S(=O)(=O)CCCC(=O)O. The number of sulfonamides is 1. The number of nitrogens with zero attached hydrogens (tertiary/aromatic N) is 1. The van der Waals surface area contributed by atoms with Crippen LogP contribution in [0, 0.1) is 0 Å². The molecule has 0 aromatic heterocycles. The van der Waals surface area contributed by atoms with Crippen LogP contribution in [-0.4, -0.2) is 42.1 Å². The van der Waals surface area contributed by atoms with Gasteiger partial charge in [-0.1, -0.05) is 26.2 Å². The summed E-state index contributed by atoms with van der Waals surface area (Å²) in [7, 11) is -3.30. The molecule has 1 aliphatic rings. The third kappa shape index (κ3) is 4.57. The topological polar surface area (TPSA) is 74.7 Å². The van der Waals surface area contributed by atoms with Crippen molar-refractivity contribution in [1.82, 2.24) is 4.31 Å². The molecule has 0 atom stereocenters. The molecule has 0 aromatic rings. The first-order valence-corrected chi connectivity index (χ1v) is 8.29. The van der Waals surface area contributed by atoms with Crippen molar-refractivity contribution in [3.05, 3.63) is 0 Å². The maximum Gasteiger partial charge on any atom is 0.303 e. The van der Waals surface area contributed by atoms with E-state index in [2.05, 4.69) is 0 Å². The summed E-state index contributed by atoms with van der Waals surface area (Å²) in [6.45, 7) is 2.34. The highest BCUT2D eigenvalue weighted by Gasteiger charge is 2.29. The fourth-order valence-corrected chi connectivity index (χ4v) is 4.38. The molecule has 0 heterocycles. The van der Waals surface area contributed by atoms with Crippen LogP contribution in [0.4, 0.5) is 0 Å². The number of hydrogen-bond donors (Lipinski definition) is 1. The van der Waals surface area contributed by atoms with Crippen molar-refractivity contribution in [3.8, 4) is 0 Å². The van der Waals surface area contributed by atoms with Crippen LogP contribution in [0.25, 0.3) is 0 Å². The van der Waals surface area contributed by atoms with Gasteiger partial charge in [-0.2, -0.15) is 4.31 Å². The highest BCUT2D eigenvalue weighted by molar-refractivity contribution is 7.89. The maximum absolute atomic E-state index is 12.2. The monoisotopic (exact) mass is 277 g/mol. The fraction of sp³-hybridized carbons (Fsp3) is 0.917. The molecule has 106 valence electrons. The quantitative estimate of drug-likeness (QED) is 0.770. The zero-order valence-electron chi connectivity index (χ0n) is 11.0. The summed E-state index contributed by atoms with van der Waals surface area (Å²) in [4.78, 5) is 10.4. The summed E-state index contributed by atoms with van der Waals surface area (Å²) in [5, 5.41) is 8.55. The van der Waals surface area contributed by atoms with Crippen molar-refractivity contribution in [3.63, 3.8) is 0 Å². The van der Waals surface area contributed by atoms with Gasteiger partial charge >= 0.3 is 5.97 Å². The molecule has 18 heavy (non-hydrogen) atoms. The minimum atomic E-state index is -3.30. The van der Waals surface area contributed by atoms with Gasteiger partial charge in [0, 0.05) is 19.0 Å². The Morgan fingerprint density at radius 3 is 2.39 bits per heavy atom. The molecule has 1 rings (SSSR count). The van der Waals surface area contributed by atoms with Gasteiger partial charge in [0.15, 0.2) is 0 Å². The summed E-state index contributed by atoms with van der Waals surface area (Å²) >= 11 is 0. The van der Waals surface area contributed by atoms with E-state index in [1.807, 2.05) is 6.92 Å². The van der Waals surface area contributed by atoms with Gasteiger partial charge in [-0.15, -0.1) is 0 Å². The average molecular weight is 277 g/mol. The molecule has 1 N–H and O–H groups in total. The van der Waals surface area contributed by atoms with Gasteiger partial charge in [-0.25, -0.2) is 8.42 Å². The Bertz CT molecular complexity index is 360. The van der Waals surface area contributed by atoms with Gasteiger partial charge in [0.05, 0.1) is 5.75 Å². The minimum Gasteiger partial charge on any atom is -0.481 e. The van der Waals surface area contributed by atoms with E-state index in [9.17, 15) is 13.2 Å². The highest BCUT2D eigenvalue weighted by Crippen LogP contribution is 2.25. The van der Waals surface area contributed by atoms with Crippen molar-refractivity contribution in [1.29, 1.82) is 0 Å². The van der Waals surface area contributed by atoms with Crippen molar-refractivity contribution < 1.29 is 18.3 Å². The lowest BCUT2D eigenvalue weighted by molar-refractivity contribution is -0.137. The van der Waals surface area contributed by atoms with E-state index in [1.165, 1.54) is 6.42 Å². The Morgan fingerprint density at radius 1 is 1.28 bits per heavy atom. The lowest BCUT2D eigenvalue weighted by Crippen LogP contribution is -2.42. The van der Waals surface area contributed by atoms with Crippen molar-refractivity contribution >= 4 is 16.0 Å². The molecule has 0 saturated heterocycles. The molecule has 0 amide bonds. The molecule has 0 spiro atoms. The maximum atomic E-state index is 12.2. The predicted molar refractivity (Wildman–Crippen MR) is 69.9 cm³/mol. The number of hydrogen-bond acceptors (Lipinski definition) is 3. The number of carbonyl (C=O) groups is 1. The molecule has 1 fully saturated rings. The second-order valence-electron chi connectivity index (χ2n) is 4.81. The normalized spacial score (nSPS) is 18.1. The van der Waals surface area contributed by atoms with E-state index < -0.39 is 16.0 Å². The summed E-state index contributed by atoms with van der Waals surface area (Å²) in [5.74, 6) is -0.991. The molecule has 5 nitrogen and oxygen atoms in total. The third-order valence-electron chi connectivity index (χ3n) is 3.44. The Hall–Kier alpha value is -0.620. The molecule has 0 bridgehead atoms. The van der Waals surface area contributed by atoms with Crippen LogP contribution in [0.15, 0.2) is 0 Å². The van der Waals surface area contributed by atoms with Crippen LogP contribution < -0.4 is 0 Å². The molecule has 1 saturated carbocycles. The second kappa shape index (κ2) is 7.09. The molecule has 6 heteroatoms. The summed E-state index contributed by atoms with van der Waals surface area (Å²) in [5.41, 5.74) is 0. The minimum absolute atomic E-state index is 0.0519. The van der Waals surface area contributed by atoms with Gasteiger partial charge < -0.3 is 5.11 Å². The summed E-state index contributed by atoms with van der Waals surface area (Å²) in [6, 6.07) is 0.124. The van der Waals surface area contributed by atoms with E-state index in [0.717, 1.165) is 25.7 Å². The van der Waals surface area contributed by atoms with Crippen LogP contribution in [0.1, 0.15) is 51.9 Å². The van der Waals surface area contributed by atoms with Crippen molar-refractivity contribution in [2.45, 2.75) is 57.9 Å². The lowest BCUT2D eigenvalue weighted by atomic mass is 9.95. The molecular weight excluding hydrogens is 254 g/mol. The number of aliphatic carboxylic acids is 1. The van der Waals surface area contributed by atoms with E-state index in [1.54, 1.807) is 4.31 Å². The average Bonchev–Trinajstić information content (AvgIpc) is 2.30. The van der Waals surface area contributed by atoms with E-state index >= 15 is 0 Å². The summed E-state index contributed by atoms with van der Waals surface area (Å²) in [6.07, 6.45) is 5.35. The highest BCUT2D eigenvalue weighted by atomic mass is 32.2. The van der Waals surface area contributed by atoms with Gasteiger partial charge in [0.1, 0.15) is 0 Å². The van der Waals surface area contributed by atoms with Crippen LogP contribution in [0.2, 0.25) is 0 Å². The Balaban J connectivity index is 2.58. The number of rotatable bonds is 7. The third-order valence-corrected chi connectivity index (χ3v) is 5.52. The van der Waals surface area contributed by atoms with E-state index in [4.69, 9.17) is 5.11 Å². The van der Waals surface area contributed by atoms with Crippen LogP contribution in [0.3, 0.4) is 0 Å². The molecule has 0 radical (unpaired) electrons. The molecule has 0 unspecified atom stereocenters. The first kappa shape index (κ1) is 15.4. The number of carboxylic acid groups (broad SMARTS) is 1. The zero-order valence-corrected chi connectivity index (χ0v) is 11.8. The Morgan fingerprint density at radius 2 is 1.89 bits per heavy atom. The van der Waals surface area contributed by atoms with Gasteiger partial charge in [0.2, 0.25) is 10.0 Å². The molecular formula is C12H23NO4S. The second-order valence-corrected chi connectivity index (χ2v) is 6.85. The van der Waals surface area contributed by atoms with Crippen LogP contribution >= 0.6 is 0 Å². The smallest absolute Gasteiger partial charge is 0.303 e. The first-order valence-electron chi connectivity index (χ1n) is 6.68. The standard InChI is InChI=1S/C12H23NO4S/c1-2-13(11-7-4-3-5-8-11)18(16,17)10-6-9-12(14)15/h11H,2-10H2,1H3,(H,14,15). The van der Waals surface area contributed by atoms with E-state index in [0.29, 0.717) is 6.54 Å². The van der Waals surface area contributed by atoms with Crippen molar-refractivity contribution in [2.75, 3.05) is 12.3 Å². The first-order chi connectivity index (χ1) is 8.47. The van der Waals surface area contributed by atoms with E-state index in [-0.39, 0.29) is 24.6 Å². The lowest BCUT2D eigenvalue weighted by Gasteiger charge is -2.32. The zero-order chi connectivity index (χ0) is 13.6. The number of carboxylic acids is 1. The molecule has 1 aliphatic carbocycles. The predicted octanol–water partition coefficient (Wildman–Crippen LogP) is 1.84. The Labute approximate surface area is 109 Å². The van der Waals surface area contributed by atoms with Gasteiger partial charge in [0.25, 0.3) is 0 Å². The van der Waals surface area contributed by atoms with Crippen LogP contribution in [0.5, 0.6) is 0 Å². The molecule has 0 aliphatic heterocycles. The largest absolute Gasteiger partial charge is 0.481 e. The summed E-state index contributed by atoms with van der Waals surface area (Å²) < 4.78 is 25.9. The van der Waals surface area contributed by atoms with Gasteiger partial charge in [-0.3, -0.25) is 4.79 Å². The van der Waals surface area contributed by atoms with Gasteiger partial charge in [-0.05, 0) is 19.3 Å². The Kier molecular flexibility index (Phi) is 6.08. The fourth-order valence-electron chi connectivity index (χ4n) is 2.57. The van der Waals surface area contributed by atoms with Crippen molar-refractivity contribution in [2.24, 2.45) is 0 Å².